The van der Waals surface area contributed by atoms with Gasteiger partial charge in [-0.1, -0.05) is 103 Å². The molecule has 2 N–H and O–H groups in total. The van der Waals surface area contributed by atoms with E-state index >= 15 is 0 Å². The third-order valence-electron chi connectivity index (χ3n) is 16.3. The number of aliphatic imine (C=N–C) groups is 1. The van der Waals surface area contributed by atoms with Crippen molar-refractivity contribution in [3.05, 3.63) is 160 Å². The summed E-state index contributed by atoms with van der Waals surface area (Å²) in [6.45, 7) is 17.9. The highest BCUT2D eigenvalue weighted by atomic mass is 32.1. The number of aromatic nitrogens is 6. The van der Waals surface area contributed by atoms with Gasteiger partial charge < -0.3 is 34.3 Å². The number of aryl methyl sites for hydroxylation is 1. The second-order valence-electron chi connectivity index (χ2n) is 24.0. The lowest BCUT2D eigenvalue weighted by Crippen LogP contribution is -2.38. The van der Waals surface area contributed by atoms with E-state index in [4.69, 9.17) is 29.0 Å². The van der Waals surface area contributed by atoms with Crippen LogP contribution in [0.2, 0.25) is 0 Å². The SMILES string of the molecule is C=CC1CC(/C=C/c2ccccc2)[C@@H]2C(=O)N(CCCCCC(=O)N(CCC(=O)NCCO)Cc3cn(CCOCCOCCC(=O)Oc4ccc(Cn5nc6[n+](c5C)-c5sc(C)c(C)c5C(c5ccccc5)=N[C@H]6CC(=O)OC(C)(C)C)cc4)nn3)C(=O)[C@H]12. The first-order valence-electron chi connectivity index (χ1n) is 31.0. The van der Waals surface area contributed by atoms with Gasteiger partial charge in [0.2, 0.25) is 29.5 Å². The second-order valence-corrected chi connectivity index (χ2v) is 25.2. The number of esters is 2. The monoisotopic (exact) mass is 1250 g/mol. The largest absolute Gasteiger partial charge is 0.460 e. The van der Waals surface area contributed by atoms with E-state index in [0.717, 1.165) is 49.2 Å². The first-order chi connectivity index (χ1) is 43.4. The van der Waals surface area contributed by atoms with Gasteiger partial charge in [0.05, 0.1) is 88.3 Å². The smallest absolute Gasteiger partial charge is 0.313 e. The van der Waals surface area contributed by atoms with Crippen molar-refractivity contribution >= 4 is 58.7 Å². The minimum atomic E-state index is -0.666. The quantitative estimate of drug-likeness (QED) is 0.0105. The molecular weight excluding hydrogens is 1160 g/mol. The van der Waals surface area contributed by atoms with E-state index in [2.05, 4.69) is 46.7 Å². The fourth-order valence-corrected chi connectivity index (χ4v) is 13.0. The number of hydrogen-bond acceptors (Lipinski definition) is 16. The molecule has 90 heavy (non-hydrogen) atoms. The number of carbonyl (C=O) groups excluding carboxylic acids is 6. The molecule has 5 atom stereocenters. The lowest BCUT2D eigenvalue weighted by Gasteiger charge is -2.22. The number of rotatable bonds is 31. The number of fused-ring (bicyclic) bond motifs is 4. The summed E-state index contributed by atoms with van der Waals surface area (Å²) in [4.78, 5) is 89.2. The third kappa shape index (κ3) is 16.9. The van der Waals surface area contributed by atoms with Crippen LogP contribution in [0.3, 0.4) is 0 Å². The number of likely N-dealkylation sites (tertiary alicyclic amines) is 1. The molecule has 0 bridgehead atoms. The van der Waals surface area contributed by atoms with Crippen molar-refractivity contribution < 1.29 is 57.4 Å². The minimum absolute atomic E-state index is 0.00848. The van der Waals surface area contributed by atoms with Crippen molar-refractivity contribution in [3.63, 3.8) is 0 Å². The van der Waals surface area contributed by atoms with Gasteiger partial charge in [-0.3, -0.25) is 38.7 Å². The number of hydrogen-bond donors (Lipinski definition) is 2. The Morgan fingerprint density at radius 2 is 1.56 bits per heavy atom. The molecule has 0 spiro atoms. The van der Waals surface area contributed by atoms with Crippen molar-refractivity contribution in [2.45, 2.75) is 124 Å². The van der Waals surface area contributed by atoms with E-state index in [9.17, 15) is 33.9 Å². The number of imide groups is 1. The van der Waals surface area contributed by atoms with Gasteiger partial charge in [0, 0.05) is 54.9 Å². The Bertz CT molecular complexity index is 3550. The zero-order valence-electron chi connectivity index (χ0n) is 52.4. The molecule has 476 valence electrons. The summed E-state index contributed by atoms with van der Waals surface area (Å²) in [6, 6.07) is 26.6. The molecule has 1 saturated carbocycles. The van der Waals surface area contributed by atoms with Crippen molar-refractivity contribution in [3.8, 4) is 10.8 Å². The van der Waals surface area contributed by atoms with Crippen molar-refractivity contribution in [1.29, 1.82) is 0 Å². The predicted octanol–water partition coefficient (Wildman–Crippen LogP) is 7.96. The van der Waals surface area contributed by atoms with E-state index in [1.54, 1.807) is 39.2 Å². The van der Waals surface area contributed by atoms with Crippen LogP contribution in [-0.4, -0.2) is 139 Å². The molecule has 3 aromatic carbocycles. The van der Waals surface area contributed by atoms with E-state index in [1.165, 1.54) is 4.90 Å². The number of aliphatic hydroxyl groups excluding tert-OH is 1. The number of carbonyl (C=O) groups is 6. The number of benzene rings is 3. The zero-order valence-corrected chi connectivity index (χ0v) is 53.2. The Labute approximate surface area is 529 Å². The van der Waals surface area contributed by atoms with Gasteiger partial charge in [-0.2, -0.15) is 4.57 Å². The van der Waals surface area contributed by atoms with Crippen LogP contribution in [0.15, 0.2) is 115 Å². The first-order valence-corrected chi connectivity index (χ1v) is 31.9. The number of unbranched alkanes of at least 4 members (excludes halogenated alkanes) is 2. The molecule has 5 heterocycles. The van der Waals surface area contributed by atoms with Crippen molar-refractivity contribution in [2.24, 2.45) is 28.7 Å². The third-order valence-corrected chi connectivity index (χ3v) is 17.5. The second kappa shape index (κ2) is 30.9. The fraction of sp³-hybridized carbons (Fsp3) is 0.456. The Morgan fingerprint density at radius 3 is 2.27 bits per heavy atom. The van der Waals surface area contributed by atoms with Crippen LogP contribution in [0.4, 0.5) is 0 Å². The maximum absolute atomic E-state index is 13.7. The number of ether oxygens (including phenoxy) is 4. The molecule has 3 aromatic heterocycles. The Morgan fingerprint density at radius 1 is 0.844 bits per heavy atom. The predicted molar refractivity (Wildman–Crippen MR) is 338 cm³/mol. The molecular formula is C68H83N10O11S+. The van der Waals surface area contributed by atoms with Crippen LogP contribution in [0.5, 0.6) is 5.75 Å². The summed E-state index contributed by atoms with van der Waals surface area (Å²) in [7, 11) is 0. The summed E-state index contributed by atoms with van der Waals surface area (Å²) in [5.74, 6) is -0.617. The normalized spacial score (nSPS) is 17.8. The van der Waals surface area contributed by atoms with Gasteiger partial charge in [-0.05, 0) is 94.5 Å². The van der Waals surface area contributed by atoms with Crippen LogP contribution >= 0.6 is 11.3 Å². The van der Waals surface area contributed by atoms with Crippen LogP contribution in [0.25, 0.3) is 11.1 Å². The maximum atomic E-state index is 13.7. The van der Waals surface area contributed by atoms with Crippen LogP contribution in [-0.2, 0) is 62.6 Å². The topological polar surface area (TPSA) is 243 Å². The van der Waals surface area contributed by atoms with E-state index in [0.29, 0.717) is 62.6 Å². The van der Waals surface area contributed by atoms with Crippen LogP contribution in [0, 0.1) is 44.4 Å². The number of aliphatic hydroxyl groups is 1. The first kappa shape index (κ1) is 66.1. The molecule has 2 fully saturated rings. The molecule has 4 amide bonds. The molecule has 1 aliphatic carbocycles. The molecule has 22 heteroatoms. The number of amides is 4. The fourth-order valence-electron chi connectivity index (χ4n) is 11.8. The molecule has 1 saturated heterocycles. The number of allylic oxidation sites excluding steroid dienone is 2. The number of thiophene rings is 1. The van der Waals surface area contributed by atoms with Crippen molar-refractivity contribution in [1.82, 2.24) is 39.9 Å². The summed E-state index contributed by atoms with van der Waals surface area (Å²) in [6.07, 6.45) is 10.3. The van der Waals surface area contributed by atoms with Crippen LogP contribution in [0.1, 0.15) is 128 Å². The molecule has 21 nitrogen and oxygen atoms in total. The summed E-state index contributed by atoms with van der Waals surface area (Å²) in [5.41, 5.74) is 5.73. The molecule has 6 aromatic rings. The van der Waals surface area contributed by atoms with E-state index < -0.39 is 29.4 Å². The number of nitrogens with one attached hydrogen (secondary N) is 1. The molecule has 3 aliphatic rings. The molecule has 2 aliphatic heterocycles. The summed E-state index contributed by atoms with van der Waals surface area (Å²) in [5, 5.41) is 26.4. The van der Waals surface area contributed by atoms with E-state index in [1.807, 2.05) is 117 Å². The zero-order chi connectivity index (χ0) is 63.9. The maximum Gasteiger partial charge on any atom is 0.313 e. The van der Waals surface area contributed by atoms with Gasteiger partial charge in [0.15, 0.2) is 11.0 Å². The molecule has 2 unspecified atom stereocenters. The van der Waals surface area contributed by atoms with Crippen molar-refractivity contribution in [2.75, 3.05) is 52.7 Å². The van der Waals surface area contributed by atoms with Gasteiger partial charge in [-0.15, -0.1) is 27.7 Å². The Balaban J connectivity index is 0.691. The molecule has 9 rings (SSSR count). The minimum Gasteiger partial charge on any atom is -0.460 e. The number of nitrogens with zero attached hydrogens (tertiary/aromatic N) is 9. The Hall–Kier alpha value is -8.31. The lowest BCUT2D eigenvalue weighted by atomic mass is 9.89. The van der Waals surface area contributed by atoms with Crippen LogP contribution < -0.4 is 14.6 Å². The Kier molecular flexibility index (Phi) is 22.7. The standard InChI is InChI=1S/C68H82N10O11S/c1-8-50-40-52(26-23-48-18-12-9-13-19-48)62-61(50)65(84)76(66(62)85)32-17-11-16-22-57(81)74(33-29-56(80)69-31-35-79)43-53-44-75(73-71-53)34-37-87-39-38-86-36-30-58(82)88-54-27-24-49(25-28-54)42-77-47(4)78-64(72-77)55(41-59(83)89-68(5,6)7)70-63(51-20-14-10-15-21-51)60-45(2)46(3)90-67(60)78/h8-10,12-15,18-21,23-28,44,50,52,55,61-62,79H,1,11,16-17,22,29-43H2,2-7H3/p+1/b26-23+/t50?,52?,55-,61+,62-/m0/s1. The summed E-state index contributed by atoms with van der Waals surface area (Å²) >= 11 is 1.68. The summed E-state index contributed by atoms with van der Waals surface area (Å²) < 4.78 is 28.5. The van der Waals surface area contributed by atoms with Gasteiger partial charge in [0.1, 0.15) is 23.6 Å². The average molecular weight is 1250 g/mol. The average Bonchev–Trinajstić information content (AvgIpc) is 1.60. The van der Waals surface area contributed by atoms with Gasteiger partial charge in [0.25, 0.3) is 0 Å². The highest BCUT2D eigenvalue weighted by Crippen LogP contribution is 2.49. The van der Waals surface area contributed by atoms with Gasteiger partial charge >= 0.3 is 17.8 Å². The lowest BCUT2D eigenvalue weighted by molar-refractivity contribution is -0.609. The van der Waals surface area contributed by atoms with Gasteiger partial charge in [-0.25, -0.2) is 4.68 Å². The van der Waals surface area contributed by atoms with E-state index in [-0.39, 0.29) is 120 Å². The highest BCUT2D eigenvalue weighted by Gasteiger charge is 2.57. The highest BCUT2D eigenvalue weighted by molar-refractivity contribution is 7.14. The molecule has 0 radical (unpaired) electrons.